The Bertz CT molecular complexity index is 687. The fourth-order valence-electron chi connectivity index (χ4n) is 3.18. The van der Waals surface area contributed by atoms with E-state index in [4.69, 9.17) is 0 Å². The Balaban J connectivity index is 1.41. The first kappa shape index (κ1) is 17.7. The van der Waals surface area contributed by atoms with Gasteiger partial charge in [0, 0.05) is 18.9 Å². The van der Waals surface area contributed by atoms with Gasteiger partial charge in [0.25, 0.3) is 0 Å². The van der Waals surface area contributed by atoms with Gasteiger partial charge < -0.3 is 10.3 Å². The SMILES string of the molecule is O=C(NCCc1nc2ccccc2[nH]1)C1CCN(CC(F)(F)F)CC1. The maximum atomic E-state index is 12.4. The van der Waals surface area contributed by atoms with Crippen molar-refractivity contribution in [3.8, 4) is 0 Å². The quantitative estimate of drug-likeness (QED) is 0.867. The molecule has 1 aromatic heterocycles. The van der Waals surface area contributed by atoms with Gasteiger partial charge in [0.05, 0.1) is 17.6 Å². The first-order valence-electron chi connectivity index (χ1n) is 8.41. The fraction of sp³-hybridized carbons (Fsp3) is 0.529. The molecule has 0 atom stereocenters. The summed E-state index contributed by atoms with van der Waals surface area (Å²) >= 11 is 0. The van der Waals surface area contributed by atoms with Crippen LogP contribution in [0.2, 0.25) is 0 Å². The number of piperidine rings is 1. The number of amides is 1. The molecular weight excluding hydrogens is 333 g/mol. The van der Waals surface area contributed by atoms with E-state index >= 15 is 0 Å². The molecule has 2 aromatic rings. The number of aromatic amines is 1. The van der Waals surface area contributed by atoms with Crippen LogP contribution in [0.4, 0.5) is 13.2 Å². The highest BCUT2D eigenvalue weighted by Gasteiger charge is 2.33. The van der Waals surface area contributed by atoms with Crippen molar-refractivity contribution in [1.82, 2.24) is 20.2 Å². The van der Waals surface area contributed by atoms with E-state index in [2.05, 4.69) is 15.3 Å². The molecule has 1 aliphatic rings. The Morgan fingerprint density at radius 1 is 1.28 bits per heavy atom. The number of rotatable bonds is 5. The largest absolute Gasteiger partial charge is 0.401 e. The molecular formula is C17H21F3N4O. The summed E-state index contributed by atoms with van der Waals surface area (Å²) in [5, 5.41) is 2.87. The van der Waals surface area contributed by atoms with Gasteiger partial charge in [0.1, 0.15) is 5.82 Å². The van der Waals surface area contributed by atoms with E-state index < -0.39 is 12.7 Å². The predicted octanol–water partition coefficient (Wildman–Crippen LogP) is 2.50. The Labute approximate surface area is 143 Å². The molecule has 5 nitrogen and oxygen atoms in total. The number of halogens is 3. The molecule has 25 heavy (non-hydrogen) atoms. The van der Waals surface area contributed by atoms with Gasteiger partial charge >= 0.3 is 6.18 Å². The number of carbonyl (C=O) groups is 1. The number of carbonyl (C=O) groups excluding carboxylic acids is 1. The summed E-state index contributed by atoms with van der Waals surface area (Å²) in [5.74, 6) is 0.518. The third-order valence-electron chi connectivity index (χ3n) is 4.46. The maximum absolute atomic E-state index is 12.4. The molecule has 0 aliphatic carbocycles. The number of nitrogens with zero attached hydrogens (tertiary/aromatic N) is 2. The van der Waals surface area contributed by atoms with Crippen molar-refractivity contribution < 1.29 is 18.0 Å². The van der Waals surface area contributed by atoms with Crippen molar-refractivity contribution in [3.63, 3.8) is 0 Å². The number of fused-ring (bicyclic) bond motifs is 1. The normalized spacial score (nSPS) is 17.1. The zero-order chi connectivity index (χ0) is 17.9. The molecule has 0 unspecified atom stereocenters. The fourth-order valence-corrected chi connectivity index (χ4v) is 3.18. The van der Waals surface area contributed by atoms with E-state index in [0.717, 1.165) is 16.9 Å². The van der Waals surface area contributed by atoms with E-state index in [1.807, 2.05) is 24.3 Å². The summed E-state index contributed by atoms with van der Waals surface area (Å²) in [6.07, 6.45) is -2.66. The van der Waals surface area contributed by atoms with Gasteiger partial charge in [-0.15, -0.1) is 0 Å². The summed E-state index contributed by atoms with van der Waals surface area (Å²) < 4.78 is 37.1. The molecule has 2 heterocycles. The first-order chi connectivity index (χ1) is 11.9. The summed E-state index contributed by atoms with van der Waals surface area (Å²) in [6.45, 7) is 0.178. The highest BCUT2D eigenvalue weighted by molar-refractivity contribution is 5.78. The Kier molecular flexibility index (Phi) is 5.27. The lowest BCUT2D eigenvalue weighted by atomic mass is 9.96. The van der Waals surface area contributed by atoms with Crippen LogP contribution in [0.15, 0.2) is 24.3 Å². The minimum Gasteiger partial charge on any atom is -0.355 e. The lowest BCUT2D eigenvalue weighted by Crippen LogP contribution is -2.44. The second-order valence-electron chi connectivity index (χ2n) is 6.41. The number of nitrogens with one attached hydrogen (secondary N) is 2. The minimum absolute atomic E-state index is 0.0808. The molecule has 1 saturated heterocycles. The average molecular weight is 354 g/mol. The molecule has 8 heteroatoms. The van der Waals surface area contributed by atoms with Gasteiger partial charge in [-0.3, -0.25) is 9.69 Å². The van der Waals surface area contributed by atoms with Gasteiger partial charge in [0.2, 0.25) is 5.91 Å². The standard InChI is InChI=1S/C17H21F3N4O/c18-17(19,20)11-24-9-6-12(7-10-24)16(25)21-8-5-15-22-13-3-1-2-4-14(13)23-15/h1-4,12H,5-11H2,(H,21,25)(H,22,23). The van der Waals surface area contributed by atoms with Crippen LogP contribution in [-0.4, -0.2) is 53.1 Å². The molecule has 0 spiro atoms. The van der Waals surface area contributed by atoms with Crippen LogP contribution >= 0.6 is 0 Å². The number of imidazole rings is 1. The van der Waals surface area contributed by atoms with E-state index in [1.165, 1.54) is 4.90 Å². The Morgan fingerprint density at radius 3 is 2.68 bits per heavy atom. The summed E-state index contributed by atoms with van der Waals surface area (Å²) in [6, 6.07) is 7.71. The van der Waals surface area contributed by atoms with Crippen molar-refractivity contribution in [2.24, 2.45) is 5.92 Å². The second kappa shape index (κ2) is 7.43. The van der Waals surface area contributed by atoms with Crippen molar-refractivity contribution in [3.05, 3.63) is 30.1 Å². The highest BCUT2D eigenvalue weighted by atomic mass is 19.4. The van der Waals surface area contributed by atoms with E-state index in [-0.39, 0.29) is 11.8 Å². The third-order valence-corrected chi connectivity index (χ3v) is 4.46. The summed E-state index contributed by atoms with van der Waals surface area (Å²) in [7, 11) is 0. The lowest BCUT2D eigenvalue weighted by molar-refractivity contribution is -0.149. The van der Waals surface area contributed by atoms with E-state index in [9.17, 15) is 18.0 Å². The number of hydrogen-bond acceptors (Lipinski definition) is 3. The first-order valence-corrected chi connectivity index (χ1v) is 8.41. The maximum Gasteiger partial charge on any atom is 0.401 e. The van der Waals surface area contributed by atoms with Crippen LogP contribution in [0.3, 0.4) is 0 Å². The van der Waals surface area contributed by atoms with Gasteiger partial charge in [-0.25, -0.2) is 4.98 Å². The molecule has 0 bridgehead atoms. The molecule has 2 N–H and O–H groups in total. The van der Waals surface area contributed by atoms with Crippen molar-refractivity contribution >= 4 is 16.9 Å². The van der Waals surface area contributed by atoms with Gasteiger partial charge in [-0.2, -0.15) is 13.2 Å². The predicted molar refractivity (Wildman–Crippen MR) is 88.0 cm³/mol. The number of H-pyrrole nitrogens is 1. The molecule has 1 aromatic carbocycles. The molecule has 0 saturated carbocycles. The van der Waals surface area contributed by atoms with Crippen LogP contribution in [0.25, 0.3) is 11.0 Å². The molecule has 3 rings (SSSR count). The van der Waals surface area contributed by atoms with Crippen molar-refractivity contribution in [2.75, 3.05) is 26.2 Å². The van der Waals surface area contributed by atoms with Crippen molar-refractivity contribution in [1.29, 1.82) is 0 Å². The minimum atomic E-state index is -4.18. The molecule has 136 valence electrons. The summed E-state index contributed by atoms with van der Waals surface area (Å²) in [5.41, 5.74) is 1.85. The van der Waals surface area contributed by atoms with Gasteiger partial charge in [0.15, 0.2) is 0 Å². The van der Waals surface area contributed by atoms with Crippen LogP contribution in [0.1, 0.15) is 18.7 Å². The summed E-state index contributed by atoms with van der Waals surface area (Å²) in [4.78, 5) is 21.2. The van der Waals surface area contributed by atoms with Gasteiger partial charge in [-0.05, 0) is 38.1 Å². The van der Waals surface area contributed by atoms with Crippen LogP contribution in [-0.2, 0) is 11.2 Å². The number of benzene rings is 1. The molecule has 1 amide bonds. The zero-order valence-electron chi connectivity index (χ0n) is 13.8. The Morgan fingerprint density at radius 2 is 2.00 bits per heavy atom. The average Bonchev–Trinajstić information content (AvgIpc) is 2.96. The second-order valence-corrected chi connectivity index (χ2v) is 6.41. The van der Waals surface area contributed by atoms with Crippen molar-refractivity contribution in [2.45, 2.75) is 25.4 Å². The number of para-hydroxylation sites is 2. The number of alkyl halides is 3. The van der Waals surface area contributed by atoms with E-state index in [1.54, 1.807) is 0 Å². The smallest absolute Gasteiger partial charge is 0.355 e. The van der Waals surface area contributed by atoms with Crippen LogP contribution in [0, 0.1) is 5.92 Å². The monoisotopic (exact) mass is 354 g/mol. The lowest BCUT2D eigenvalue weighted by Gasteiger charge is -2.31. The van der Waals surface area contributed by atoms with Gasteiger partial charge in [-0.1, -0.05) is 12.1 Å². The third kappa shape index (κ3) is 4.94. The van der Waals surface area contributed by atoms with Crippen LogP contribution in [0.5, 0.6) is 0 Å². The number of hydrogen-bond donors (Lipinski definition) is 2. The van der Waals surface area contributed by atoms with E-state index in [0.29, 0.717) is 38.9 Å². The van der Waals surface area contributed by atoms with Crippen LogP contribution < -0.4 is 5.32 Å². The molecule has 1 fully saturated rings. The number of likely N-dealkylation sites (tertiary alicyclic amines) is 1. The molecule has 0 radical (unpaired) electrons. The number of aromatic nitrogens is 2. The molecule has 1 aliphatic heterocycles. The zero-order valence-corrected chi connectivity index (χ0v) is 13.8. The topological polar surface area (TPSA) is 61.0 Å². The highest BCUT2D eigenvalue weighted by Crippen LogP contribution is 2.22. The Hall–Kier alpha value is -2.09.